The van der Waals surface area contributed by atoms with Crippen molar-refractivity contribution in [3.63, 3.8) is 0 Å². The Kier molecular flexibility index (Phi) is 9.24. The fraction of sp³-hybridized carbons (Fsp3) is 0.0312. The highest BCUT2D eigenvalue weighted by Gasteiger charge is 2.30. The first kappa shape index (κ1) is 39.4. The second-order valence-corrected chi connectivity index (χ2v) is 20.1. The van der Waals surface area contributed by atoms with E-state index in [1.807, 2.05) is 23.5 Å². The monoisotopic (exact) mass is 902 g/mol. The molecular weight excluding hydrogens is 861 g/mol. The van der Waals surface area contributed by atoms with Gasteiger partial charge >= 0.3 is 0 Å². The van der Waals surface area contributed by atoms with E-state index in [9.17, 15) is 0 Å². The Morgan fingerprint density at radius 2 is 0.926 bits per heavy atom. The molecule has 0 bridgehead atoms. The van der Waals surface area contributed by atoms with Crippen molar-refractivity contribution in [2.45, 2.75) is 27.5 Å². The highest BCUT2D eigenvalue weighted by molar-refractivity contribution is 8.03. The summed E-state index contributed by atoms with van der Waals surface area (Å²) in [6.07, 6.45) is 6.69. The molecule has 0 aromatic heterocycles. The Hall–Kier alpha value is -7.76. The average molecular weight is 903 g/mol. The zero-order valence-corrected chi connectivity index (χ0v) is 38.7. The minimum atomic E-state index is 0.997. The van der Waals surface area contributed by atoms with E-state index in [0.717, 1.165) is 18.5 Å². The summed E-state index contributed by atoms with van der Waals surface area (Å²) in [5.41, 5.74) is 14.7. The van der Waals surface area contributed by atoms with Crippen molar-refractivity contribution in [1.82, 2.24) is 0 Å². The second kappa shape index (κ2) is 16.0. The summed E-state index contributed by atoms with van der Waals surface area (Å²) in [6, 6.07) is 81.5. The largest absolute Gasteiger partial charge is 0.312 e. The lowest BCUT2D eigenvalue weighted by atomic mass is 9.83. The molecule has 2 nitrogen and oxygen atoms in total. The first-order valence-electron chi connectivity index (χ1n) is 23.5. The lowest BCUT2D eigenvalue weighted by Gasteiger charge is -2.36. The smallest absolute Gasteiger partial charge is 0.0601 e. The summed E-state index contributed by atoms with van der Waals surface area (Å²) in [7, 11) is 0. The summed E-state index contributed by atoms with van der Waals surface area (Å²) in [4.78, 5) is 10.1. The third-order valence-corrected chi connectivity index (χ3v) is 16.3. The van der Waals surface area contributed by atoms with E-state index < -0.39 is 0 Å². The van der Waals surface area contributed by atoms with Crippen molar-refractivity contribution < 1.29 is 0 Å². The van der Waals surface area contributed by atoms with Crippen LogP contribution in [0.3, 0.4) is 0 Å². The van der Waals surface area contributed by atoms with E-state index in [2.05, 4.69) is 240 Å². The van der Waals surface area contributed by atoms with Gasteiger partial charge in [-0.15, -0.1) is 0 Å². The second-order valence-electron chi connectivity index (χ2n) is 17.9. The van der Waals surface area contributed by atoms with E-state index in [-0.39, 0.29) is 0 Å². The van der Waals surface area contributed by atoms with Crippen LogP contribution in [0.25, 0.3) is 76.5 Å². The van der Waals surface area contributed by atoms with Gasteiger partial charge in [-0.25, -0.2) is 0 Å². The van der Waals surface area contributed by atoms with E-state index >= 15 is 0 Å². The number of rotatable bonds is 5. The molecule has 0 saturated carbocycles. The van der Waals surface area contributed by atoms with E-state index in [4.69, 9.17) is 0 Å². The topological polar surface area (TPSA) is 6.48 Å². The molecular formula is C64H42N2S2. The molecule has 0 saturated heterocycles. The van der Waals surface area contributed by atoms with Gasteiger partial charge in [-0.05, 0) is 162 Å². The number of fused-ring (bicyclic) bond motifs is 7. The van der Waals surface area contributed by atoms with Crippen LogP contribution < -0.4 is 9.80 Å². The van der Waals surface area contributed by atoms with Gasteiger partial charge in [0.2, 0.25) is 0 Å². The molecule has 14 rings (SSSR count). The van der Waals surface area contributed by atoms with Crippen LogP contribution in [0.15, 0.2) is 256 Å². The third kappa shape index (κ3) is 6.36. The van der Waals surface area contributed by atoms with Crippen LogP contribution in [0.1, 0.15) is 12.8 Å². The lowest BCUT2D eigenvalue weighted by molar-refractivity contribution is 0.904. The predicted molar refractivity (Wildman–Crippen MR) is 291 cm³/mol. The summed E-state index contributed by atoms with van der Waals surface area (Å²) in [6.45, 7) is 0. The minimum Gasteiger partial charge on any atom is -0.312 e. The number of benzene rings is 11. The van der Waals surface area contributed by atoms with Crippen molar-refractivity contribution in [3.8, 4) is 33.4 Å². The summed E-state index contributed by atoms with van der Waals surface area (Å²) >= 11 is 3.75. The SMILES string of the molecule is C1=CC2=C(CC1)N(c1ccc3c(-c4cccc5ccccc45)c4cc(N5c6ccccc6Sc6ccccc65)ccc4c(-c4ccc5cc(-c6ccccc6)ccc5c4)c3c1)c1ccccc1S2. The van der Waals surface area contributed by atoms with Gasteiger partial charge in [0.25, 0.3) is 0 Å². The zero-order valence-electron chi connectivity index (χ0n) is 37.1. The van der Waals surface area contributed by atoms with Crippen LogP contribution in [0, 0.1) is 0 Å². The molecule has 4 heteroatoms. The average Bonchev–Trinajstić information content (AvgIpc) is 3.40. The third-order valence-electron chi connectivity index (χ3n) is 14.0. The van der Waals surface area contributed by atoms with Gasteiger partial charge in [0.15, 0.2) is 0 Å². The molecule has 1 aliphatic carbocycles. The van der Waals surface area contributed by atoms with Gasteiger partial charge in [-0.1, -0.05) is 181 Å². The van der Waals surface area contributed by atoms with E-state index in [1.54, 1.807) is 0 Å². The molecule has 0 amide bonds. The lowest BCUT2D eigenvalue weighted by Crippen LogP contribution is -2.22. The number of thioether (sulfide) groups is 1. The summed E-state index contributed by atoms with van der Waals surface area (Å²) in [5.74, 6) is 0. The predicted octanol–water partition coefficient (Wildman–Crippen LogP) is 19.0. The Morgan fingerprint density at radius 1 is 0.353 bits per heavy atom. The first-order valence-corrected chi connectivity index (χ1v) is 25.1. The Morgan fingerprint density at radius 3 is 1.68 bits per heavy atom. The number of para-hydroxylation sites is 3. The van der Waals surface area contributed by atoms with Crippen LogP contribution in [-0.2, 0) is 0 Å². The highest BCUT2D eigenvalue weighted by atomic mass is 32.2. The minimum absolute atomic E-state index is 0.997. The maximum atomic E-state index is 2.55. The standard InChI is InChI=1S/C64H42N2S2/c1-2-15-41(16-3-1)43-29-30-45-38-46(32-31-44(45)37-43)63-51-35-33-48(66-57-23-8-12-27-61(57)68-62-28-13-9-24-58(62)66)40-54(51)64(50-20-14-18-42-17-4-5-19-49(42)50)52-36-34-47(39-53(52)63)65-55-21-6-10-25-59(55)67-60-26-11-7-22-56(60)65/h1-6,8-21,23-40H,7,22H2. The molecule has 11 aromatic carbocycles. The van der Waals surface area contributed by atoms with Crippen molar-refractivity contribution in [3.05, 3.63) is 241 Å². The number of allylic oxidation sites excluding steroid dienone is 3. The molecule has 2 aliphatic heterocycles. The molecule has 0 atom stereocenters. The maximum absolute atomic E-state index is 2.55. The molecule has 3 aliphatic rings. The van der Waals surface area contributed by atoms with Crippen molar-refractivity contribution in [1.29, 1.82) is 0 Å². The Bertz CT molecular complexity index is 3890. The molecule has 0 fully saturated rings. The molecule has 0 spiro atoms. The summed E-state index contributed by atoms with van der Waals surface area (Å²) in [5, 5.41) is 9.85. The van der Waals surface area contributed by atoms with Gasteiger partial charge in [-0.2, -0.15) is 0 Å². The molecule has 0 unspecified atom stereocenters. The quantitative estimate of drug-likeness (QED) is 0.159. The van der Waals surface area contributed by atoms with Gasteiger partial charge in [0.1, 0.15) is 0 Å². The normalized spacial score (nSPS) is 14.1. The van der Waals surface area contributed by atoms with Crippen LogP contribution in [0.2, 0.25) is 0 Å². The molecule has 0 N–H and O–H groups in total. The van der Waals surface area contributed by atoms with Crippen LogP contribution in [0.4, 0.5) is 28.4 Å². The zero-order chi connectivity index (χ0) is 44.7. The number of nitrogens with zero attached hydrogens (tertiary/aromatic N) is 2. The van der Waals surface area contributed by atoms with Crippen LogP contribution >= 0.6 is 23.5 Å². The van der Waals surface area contributed by atoms with Gasteiger partial charge in [0.05, 0.1) is 17.1 Å². The number of hydrogen-bond acceptors (Lipinski definition) is 4. The van der Waals surface area contributed by atoms with Crippen molar-refractivity contribution in [2.24, 2.45) is 0 Å². The molecule has 11 aromatic rings. The Balaban J connectivity index is 1.09. The molecule has 320 valence electrons. The Labute approximate surface area is 404 Å². The van der Waals surface area contributed by atoms with Crippen LogP contribution in [0.5, 0.6) is 0 Å². The first-order chi connectivity index (χ1) is 33.7. The highest BCUT2D eigenvalue weighted by Crippen LogP contribution is 2.55. The van der Waals surface area contributed by atoms with E-state index in [0.29, 0.717) is 0 Å². The van der Waals surface area contributed by atoms with Gasteiger partial charge in [-0.3, -0.25) is 0 Å². The summed E-state index contributed by atoms with van der Waals surface area (Å²) < 4.78 is 0. The molecule has 68 heavy (non-hydrogen) atoms. The fourth-order valence-corrected chi connectivity index (χ4v) is 13.1. The fourth-order valence-electron chi connectivity index (χ4n) is 11.0. The van der Waals surface area contributed by atoms with E-state index in [1.165, 1.54) is 125 Å². The maximum Gasteiger partial charge on any atom is 0.0601 e. The molecule has 2 heterocycles. The molecule has 0 radical (unpaired) electrons. The van der Waals surface area contributed by atoms with Crippen molar-refractivity contribution in [2.75, 3.05) is 9.80 Å². The van der Waals surface area contributed by atoms with Gasteiger partial charge in [0, 0.05) is 36.7 Å². The number of anilines is 5. The van der Waals surface area contributed by atoms with Crippen LogP contribution in [-0.4, -0.2) is 0 Å². The van der Waals surface area contributed by atoms with Gasteiger partial charge < -0.3 is 9.80 Å². The van der Waals surface area contributed by atoms with Crippen molar-refractivity contribution >= 4 is 95.1 Å². The number of hydrogen-bond donors (Lipinski definition) is 0.